The molecule has 1 aromatic carbocycles. The van der Waals surface area contributed by atoms with Gasteiger partial charge in [-0.15, -0.1) is 0 Å². The van der Waals surface area contributed by atoms with Crippen LogP contribution in [-0.4, -0.2) is 12.6 Å². The monoisotopic (exact) mass is 275 g/mol. The minimum atomic E-state index is 0.330. The van der Waals surface area contributed by atoms with E-state index in [0.29, 0.717) is 11.5 Å². The van der Waals surface area contributed by atoms with Crippen molar-refractivity contribution in [3.63, 3.8) is 0 Å². The van der Waals surface area contributed by atoms with Gasteiger partial charge in [-0.05, 0) is 48.8 Å². The fourth-order valence-corrected chi connectivity index (χ4v) is 2.70. The molecule has 0 fully saturated rings. The van der Waals surface area contributed by atoms with Crippen LogP contribution in [0.3, 0.4) is 0 Å². The molecule has 0 aliphatic rings. The van der Waals surface area contributed by atoms with Crippen LogP contribution in [0, 0.1) is 5.41 Å². The van der Waals surface area contributed by atoms with Crippen LogP contribution in [-0.2, 0) is 12.8 Å². The maximum Gasteiger partial charge on any atom is 0.0119 e. The van der Waals surface area contributed by atoms with Gasteiger partial charge in [0.1, 0.15) is 0 Å². The second-order valence-electron chi connectivity index (χ2n) is 6.98. The highest BCUT2D eigenvalue weighted by molar-refractivity contribution is 5.23. The molecule has 0 aliphatic carbocycles. The summed E-state index contributed by atoms with van der Waals surface area (Å²) in [5.74, 6) is 0. The zero-order chi connectivity index (χ0) is 15.0. The van der Waals surface area contributed by atoms with Gasteiger partial charge in [0.05, 0.1) is 0 Å². The average molecular weight is 275 g/mol. The Hall–Kier alpha value is -0.820. The van der Waals surface area contributed by atoms with E-state index in [-0.39, 0.29) is 0 Å². The highest BCUT2D eigenvalue weighted by Crippen LogP contribution is 2.23. The smallest absolute Gasteiger partial charge is 0.0119 e. The Balaban J connectivity index is 2.60. The molecular weight excluding hydrogens is 242 g/mol. The quantitative estimate of drug-likeness (QED) is 0.705. The van der Waals surface area contributed by atoms with E-state index in [9.17, 15) is 0 Å². The van der Waals surface area contributed by atoms with Gasteiger partial charge in [0.25, 0.3) is 0 Å². The van der Waals surface area contributed by atoms with Crippen molar-refractivity contribution in [2.45, 2.75) is 72.8 Å². The second kappa shape index (κ2) is 8.46. The molecule has 1 nitrogen and oxygen atoms in total. The fourth-order valence-electron chi connectivity index (χ4n) is 2.70. The SMILES string of the molecule is CCCNC(CCc1cccc(CCC)c1)C(C)(C)C. The molecule has 0 radical (unpaired) electrons. The van der Waals surface area contributed by atoms with E-state index in [1.165, 1.54) is 43.2 Å². The van der Waals surface area contributed by atoms with Crippen molar-refractivity contribution in [2.24, 2.45) is 5.41 Å². The molecule has 1 unspecified atom stereocenters. The summed E-state index contributed by atoms with van der Waals surface area (Å²) < 4.78 is 0. The molecular formula is C19H33N. The third-order valence-corrected chi connectivity index (χ3v) is 3.94. The Labute approximate surface area is 126 Å². The summed E-state index contributed by atoms with van der Waals surface area (Å²) in [4.78, 5) is 0. The lowest BCUT2D eigenvalue weighted by atomic mass is 9.83. The van der Waals surface area contributed by atoms with Crippen molar-refractivity contribution in [3.05, 3.63) is 35.4 Å². The van der Waals surface area contributed by atoms with Gasteiger partial charge in [-0.25, -0.2) is 0 Å². The zero-order valence-electron chi connectivity index (χ0n) is 14.1. The van der Waals surface area contributed by atoms with Crippen molar-refractivity contribution in [2.75, 3.05) is 6.54 Å². The molecule has 0 aliphatic heterocycles. The third kappa shape index (κ3) is 6.09. The first-order chi connectivity index (χ1) is 9.47. The predicted molar refractivity (Wildman–Crippen MR) is 90.3 cm³/mol. The molecule has 0 aromatic heterocycles. The summed E-state index contributed by atoms with van der Waals surface area (Å²) in [6.45, 7) is 12.6. The molecule has 0 heterocycles. The molecule has 1 N–H and O–H groups in total. The Morgan fingerprint density at radius 1 is 1.00 bits per heavy atom. The standard InChI is InChI=1S/C19H33N/c1-6-9-16-10-8-11-17(15-16)12-13-18(19(3,4)5)20-14-7-2/h8,10-11,15,18,20H,6-7,9,12-14H2,1-5H3. The van der Waals surface area contributed by atoms with Crippen molar-refractivity contribution >= 4 is 0 Å². The predicted octanol–water partition coefficient (Wildman–Crippen LogP) is 4.99. The molecule has 0 saturated carbocycles. The maximum atomic E-state index is 3.72. The van der Waals surface area contributed by atoms with E-state index in [2.05, 4.69) is 64.2 Å². The van der Waals surface area contributed by atoms with Crippen LogP contribution in [0.2, 0.25) is 0 Å². The minimum Gasteiger partial charge on any atom is -0.313 e. The lowest BCUT2D eigenvalue weighted by Gasteiger charge is -2.32. The number of benzene rings is 1. The topological polar surface area (TPSA) is 12.0 Å². The number of rotatable bonds is 8. The summed E-state index contributed by atoms with van der Waals surface area (Å²) in [5.41, 5.74) is 3.30. The van der Waals surface area contributed by atoms with E-state index in [0.717, 1.165) is 6.54 Å². The Bertz CT molecular complexity index is 376. The van der Waals surface area contributed by atoms with Gasteiger partial charge in [-0.1, -0.05) is 65.3 Å². The van der Waals surface area contributed by atoms with Gasteiger partial charge in [0.2, 0.25) is 0 Å². The minimum absolute atomic E-state index is 0.330. The van der Waals surface area contributed by atoms with Gasteiger partial charge in [-0.2, -0.15) is 0 Å². The largest absolute Gasteiger partial charge is 0.313 e. The fraction of sp³-hybridized carbons (Fsp3) is 0.684. The first-order valence-corrected chi connectivity index (χ1v) is 8.28. The van der Waals surface area contributed by atoms with E-state index < -0.39 is 0 Å². The van der Waals surface area contributed by atoms with Crippen molar-refractivity contribution in [3.8, 4) is 0 Å². The second-order valence-corrected chi connectivity index (χ2v) is 6.98. The lowest BCUT2D eigenvalue weighted by molar-refractivity contribution is 0.255. The molecule has 1 rings (SSSR count). The molecule has 1 aromatic rings. The van der Waals surface area contributed by atoms with Gasteiger partial charge < -0.3 is 5.32 Å². The summed E-state index contributed by atoms with van der Waals surface area (Å²) in [6, 6.07) is 9.73. The Kier molecular flexibility index (Phi) is 7.29. The van der Waals surface area contributed by atoms with Gasteiger partial charge in [0, 0.05) is 6.04 Å². The molecule has 0 spiro atoms. The van der Waals surface area contributed by atoms with Gasteiger partial charge >= 0.3 is 0 Å². The van der Waals surface area contributed by atoms with Crippen LogP contribution in [0.4, 0.5) is 0 Å². The van der Waals surface area contributed by atoms with Crippen LogP contribution >= 0.6 is 0 Å². The van der Waals surface area contributed by atoms with E-state index >= 15 is 0 Å². The first kappa shape index (κ1) is 17.2. The molecule has 20 heavy (non-hydrogen) atoms. The van der Waals surface area contributed by atoms with Crippen molar-refractivity contribution < 1.29 is 0 Å². The van der Waals surface area contributed by atoms with Gasteiger partial charge in [-0.3, -0.25) is 0 Å². The molecule has 0 saturated heterocycles. The summed E-state index contributed by atoms with van der Waals surface area (Å²) >= 11 is 0. The van der Waals surface area contributed by atoms with Crippen LogP contribution in [0.25, 0.3) is 0 Å². The number of hydrogen-bond donors (Lipinski definition) is 1. The summed E-state index contributed by atoms with van der Waals surface area (Å²) in [5, 5.41) is 3.72. The Morgan fingerprint density at radius 3 is 2.20 bits per heavy atom. The van der Waals surface area contributed by atoms with Crippen LogP contribution in [0.5, 0.6) is 0 Å². The molecule has 1 heteroatoms. The Morgan fingerprint density at radius 2 is 1.65 bits per heavy atom. The number of aryl methyl sites for hydroxylation is 2. The van der Waals surface area contributed by atoms with Crippen molar-refractivity contribution in [1.29, 1.82) is 0 Å². The van der Waals surface area contributed by atoms with E-state index in [1.54, 1.807) is 0 Å². The van der Waals surface area contributed by atoms with Crippen LogP contribution < -0.4 is 5.32 Å². The highest BCUT2D eigenvalue weighted by atomic mass is 14.9. The number of hydrogen-bond acceptors (Lipinski definition) is 1. The molecule has 1 atom stereocenters. The highest BCUT2D eigenvalue weighted by Gasteiger charge is 2.23. The summed E-state index contributed by atoms with van der Waals surface area (Å²) in [7, 11) is 0. The average Bonchev–Trinajstić information content (AvgIpc) is 2.38. The van der Waals surface area contributed by atoms with Crippen LogP contribution in [0.1, 0.15) is 65.0 Å². The number of nitrogens with one attached hydrogen (secondary N) is 1. The summed E-state index contributed by atoms with van der Waals surface area (Å²) in [6.07, 6.45) is 6.03. The van der Waals surface area contributed by atoms with E-state index in [4.69, 9.17) is 0 Å². The third-order valence-electron chi connectivity index (χ3n) is 3.94. The lowest BCUT2D eigenvalue weighted by Crippen LogP contribution is -2.41. The van der Waals surface area contributed by atoms with E-state index in [1.807, 2.05) is 0 Å². The normalized spacial score (nSPS) is 13.4. The van der Waals surface area contributed by atoms with Crippen LogP contribution in [0.15, 0.2) is 24.3 Å². The zero-order valence-corrected chi connectivity index (χ0v) is 14.1. The molecule has 114 valence electrons. The molecule has 0 bridgehead atoms. The maximum absolute atomic E-state index is 3.72. The van der Waals surface area contributed by atoms with Crippen molar-refractivity contribution in [1.82, 2.24) is 5.32 Å². The molecule has 0 amide bonds. The van der Waals surface area contributed by atoms with Gasteiger partial charge in [0.15, 0.2) is 0 Å². The first-order valence-electron chi connectivity index (χ1n) is 8.28.